The van der Waals surface area contributed by atoms with Gasteiger partial charge in [0.2, 0.25) is 0 Å². The van der Waals surface area contributed by atoms with E-state index in [1.807, 2.05) is 20.8 Å². The molecular weight excluding hydrogens is 251 g/mol. The molecule has 1 N–H and O–H groups in total. The molecule has 0 heterocycles. The Morgan fingerprint density at radius 1 is 1.22 bits per heavy atom. The minimum absolute atomic E-state index is 0.0705. The topological polar surface area (TPSA) is 55.8 Å². The van der Waals surface area contributed by atoms with Gasteiger partial charge in [0.1, 0.15) is 6.61 Å². The largest absolute Gasteiger partial charge is 0.463 e. The molecule has 2 atom stereocenters. The second-order valence-electron chi connectivity index (χ2n) is 6.39. The normalized spacial score (nSPS) is 16.2. The van der Waals surface area contributed by atoms with Crippen LogP contribution in [-0.2, 0) is 14.1 Å². The molecule has 0 spiro atoms. The van der Waals surface area contributed by atoms with Crippen molar-refractivity contribution in [3.8, 4) is 0 Å². The molecule has 0 saturated heterocycles. The first-order valence-corrected chi connectivity index (χ1v) is 7.17. The number of ether oxygens (including phenoxy) is 1. The standard InChI is InChI=1S/C13H27O4P/c1-10(2)13(6,9-12(3,4)5)11(14)16-7-8-17-18-15/h10,15,18H,7-9H2,1-6H3. The predicted molar refractivity (Wildman–Crippen MR) is 74.5 cm³/mol. The van der Waals surface area contributed by atoms with Crippen molar-refractivity contribution in [1.82, 2.24) is 0 Å². The van der Waals surface area contributed by atoms with E-state index in [0.29, 0.717) is 0 Å². The fourth-order valence-corrected chi connectivity index (χ4v) is 2.17. The zero-order valence-electron chi connectivity index (χ0n) is 12.4. The molecule has 0 saturated carbocycles. The van der Waals surface area contributed by atoms with Crippen LogP contribution in [0.15, 0.2) is 0 Å². The molecule has 0 amide bonds. The van der Waals surface area contributed by atoms with Crippen LogP contribution in [0, 0.1) is 16.7 Å². The van der Waals surface area contributed by atoms with Gasteiger partial charge in [-0.1, -0.05) is 34.6 Å². The SMILES string of the molecule is CC(C)C(C)(CC(C)(C)C)C(=O)OCCOPO. The molecule has 5 heteroatoms. The van der Waals surface area contributed by atoms with Gasteiger partial charge in [0, 0.05) is 0 Å². The van der Waals surface area contributed by atoms with Gasteiger partial charge < -0.3 is 14.2 Å². The lowest BCUT2D eigenvalue weighted by atomic mass is 9.69. The van der Waals surface area contributed by atoms with E-state index in [9.17, 15) is 4.79 Å². The fraction of sp³-hybridized carbons (Fsp3) is 0.923. The number of hydrogen-bond donors (Lipinski definition) is 1. The lowest BCUT2D eigenvalue weighted by Crippen LogP contribution is -2.38. The van der Waals surface area contributed by atoms with Crippen LogP contribution in [0.25, 0.3) is 0 Å². The van der Waals surface area contributed by atoms with Crippen molar-refractivity contribution < 1.29 is 18.9 Å². The highest BCUT2D eigenvalue weighted by atomic mass is 31.1. The van der Waals surface area contributed by atoms with Crippen molar-refractivity contribution in [2.75, 3.05) is 13.2 Å². The van der Waals surface area contributed by atoms with Gasteiger partial charge in [0.15, 0.2) is 9.03 Å². The molecule has 108 valence electrons. The maximum atomic E-state index is 12.2. The molecule has 0 bridgehead atoms. The molecule has 0 aliphatic rings. The van der Waals surface area contributed by atoms with E-state index < -0.39 is 14.4 Å². The average molecular weight is 278 g/mol. The van der Waals surface area contributed by atoms with Crippen LogP contribution in [0.4, 0.5) is 0 Å². The van der Waals surface area contributed by atoms with E-state index in [1.54, 1.807) is 0 Å². The Hall–Kier alpha value is -0.180. The second-order valence-corrected chi connectivity index (χ2v) is 6.86. The molecule has 0 rings (SSSR count). The highest BCUT2D eigenvalue weighted by molar-refractivity contribution is 7.24. The maximum Gasteiger partial charge on any atom is 0.312 e. The Bertz CT molecular complexity index is 260. The summed E-state index contributed by atoms with van der Waals surface area (Å²) < 4.78 is 10.0. The van der Waals surface area contributed by atoms with E-state index in [4.69, 9.17) is 14.2 Å². The lowest BCUT2D eigenvalue weighted by molar-refractivity contribution is -0.160. The molecule has 0 aromatic carbocycles. The zero-order chi connectivity index (χ0) is 14.4. The third-order valence-electron chi connectivity index (χ3n) is 3.12. The number of hydrogen-bond acceptors (Lipinski definition) is 4. The molecule has 0 aliphatic carbocycles. The first-order chi connectivity index (χ1) is 8.13. The highest BCUT2D eigenvalue weighted by Gasteiger charge is 2.41. The summed E-state index contributed by atoms with van der Waals surface area (Å²) in [5.74, 6) is 0.0298. The third kappa shape index (κ3) is 6.12. The second kappa shape index (κ2) is 7.42. The van der Waals surface area contributed by atoms with Crippen LogP contribution in [-0.4, -0.2) is 24.1 Å². The summed E-state index contributed by atoms with van der Waals surface area (Å²) in [6.07, 6.45) is 0.777. The van der Waals surface area contributed by atoms with Gasteiger partial charge >= 0.3 is 5.97 Å². The Morgan fingerprint density at radius 3 is 2.17 bits per heavy atom. The first-order valence-electron chi connectivity index (χ1n) is 6.31. The smallest absolute Gasteiger partial charge is 0.312 e. The van der Waals surface area contributed by atoms with Crippen LogP contribution >= 0.6 is 9.03 Å². The van der Waals surface area contributed by atoms with Gasteiger partial charge in [-0.25, -0.2) is 0 Å². The number of esters is 1. The van der Waals surface area contributed by atoms with Crippen LogP contribution in [0.3, 0.4) is 0 Å². The van der Waals surface area contributed by atoms with E-state index >= 15 is 0 Å². The van der Waals surface area contributed by atoms with Crippen molar-refractivity contribution in [3.63, 3.8) is 0 Å². The Labute approximate surface area is 112 Å². The number of rotatable bonds is 7. The summed E-state index contributed by atoms with van der Waals surface area (Å²) in [7, 11) is -0.557. The van der Waals surface area contributed by atoms with Crippen LogP contribution < -0.4 is 0 Å². The van der Waals surface area contributed by atoms with Gasteiger partial charge in [-0.15, -0.1) is 0 Å². The number of carbonyl (C=O) groups excluding carboxylic acids is 1. The molecule has 2 unspecified atom stereocenters. The minimum Gasteiger partial charge on any atom is -0.463 e. The van der Waals surface area contributed by atoms with E-state index in [0.717, 1.165) is 6.42 Å². The third-order valence-corrected chi connectivity index (χ3v) is 3.45. The van der Waals surface area contributed by atoms with E-state index in [2.05, 4.69) is 20.8 Å². The predicted octanol–water partition coefficient (Wildman–Crippen LogP) is 3.15. The summed E-state index contributed by atoms with van der Waals surface area (Å²) in [6, 6.07) is 0. The quantitative estimate of drug-likeness (QED) is 0.441. The van der Waals surface area contributed by atoms with Crippen molar-refractivity contribution in [2.45, 2.75) is 48.0 Å². The molecule has 18 heavy (non-hydrogen) atoms. The zero-order valence-corrected chi connectivity index (χ0v) is 13.4. The first kappa shape index (κ1) is 17.8. The molecule has 0 radical (unpaired) electrons. The Kier molecular flexibility index (Phi) is 7.34. The molecule has 0 fully saturated rings. The lowest BCUT2D eigenvalue weighted by Gasteiger charge is -2.36. The van der Waals surface area contributed by atoms with Crippen molar-refractivity contribution in [1.29, 1.82) is 0 Å². The van der Waals surface area contributed by atoms with Gasteiger partial charge in [-0.05, 0) is 24.7 Å². The van der Waals surface area contributed by atoms with Crippen LogP contribution in [0.5, 0.6) is 0 Å². The monoisotopic (exact) mass is 278 g/mol. The average Bonchev–Trinajstić information content (AvgIpc) is 2.21. The van der Waals surface area contributed by atoms with E-state index in [-0.39, 0.29) is 30.5 Å². The fourth-order valence-electron chi connectivity index (χ4n) is 2.00. The molecule has 0 aromatic rings. The van der Waals surface area contributed by atoms with Crippen molar-refractivity contribution in [2.24, 2.45) is 16.7 Å². The summed E-state index contributed by atoms with van der Waals surface area (Å²) in [4.78, 5) is 20.7. The van der Waals surface area contributed by atoms with Crippen LogP contribution in [0.1, 0.15) is 48.0 Å². The van der Waals surface area contributed by atoms with E-state index in [1.165, 1.54) is 0 Å². The van der Waals surface area contributed by atoms with Gasteiger partial charge in [-0.2, -0.15) is 0 Å². The molecule has 0 aliphatic heterocycles. The van der Waals surface area contributed by atoms with Gasteiger partial charge in [-0.3, -0.25) is 4.79 Å². The molecule has 0 aromatic heterocycles. The molecule has 4 nitrogen and oxygen atoms in total. The van der Waals surface area contributed by atoms with Crippen molar-refractivity contribution in [3.05, 3.63) is 0 Å². The summed E-state index contributed by atoms with van der Waals surface area (Å²) in [5.41, 5.74) is -0.416. The van der Waals surface area contributed by atoms with Gasteiger partial charge in [0.25, 0.3) is 0 Å². The highest BCUT2D eigenvalue weighted by Crippen LogP contribution is 2.40. The summed E-state index contributed by atoms with van der Waals surface area (Å²) in [5, 5.41) is 0. The Morgan fingerprint density at radius 2 is 1.78 bits per heavy atom. The Balaban J connectivity index is 4.53. The van der Waals surface area contributed by atoms with Gasteiger partial charge in [0.05, 0.1) is 12.0 Å². The number of carbonyl (C=O) groups is 1. The minimum atomic E-state index is -0.557. The molecular formula is C13H27O4P. The van der Waals surface area contributed by atoms with Crippen molar-refractivity contribution >= 4 is 15.0 Å². The maximum absolute atomic E-state index is 12.2. The summed E-state index contributed by atoms with van der Waals surface area (Å²) >= 11 is 0. The summed E-state index contributed by atoms with van der Waals surface area (Å²) in [6.45, 7) is 12.8. The van der Waals surface area contributed by atoms with Crippen LogP contribution in [0.2, 0.25) is 0 Å².